The minimum atomic E-state index is -3.49. The Bertz CT molecular complexity index is 481. The number of hydrogen-bond acceptors (Lipinski definition) is 5. The molecule has 1 aromatic heterocycles. The number of carbonyl (C=O) groups is 1. The third-order valence-electron chi connectivity index (χ3n) is 1.91. The number of aliphatic carboxylic acids is 1. The number of aromatic nitrogens is 1. The number of nitrogens with one attached hydrogen (secondary N) is 1. The monoisotopic (exact) mass is 278 g/mol. The van der Waals surface area contributed by atoms with E-state index in [9.17, 15) is 13.2 Å². The Balaban J connectivity index is 2.32. The minimum Gasteiger partial charge on any atom is -0.481 e. The first kappa shape index (κ1) is 14.1. The second-order valence-electron chi connectivity index (χ2n) is 3.49. The van der Waals surface area contributed by atoms with Gasteiger partial charge in [0.2, 0.25) is 10.0 Å². The van der Waals surface area contributed by atoms with Crippen molar-refractivity contribution in [3.63, 3.8) is 0 Å². The van der Waals surface area contributed by atoms with E-state index in [0.717, 1.165) is 10.7 Å². The van der Waals surface area contributed by atoms with Crippen LogP contribution in [-0.4, -0.2) is 36.8 Å². The van der Waals surface area contributed by atoms with E-state index in [0.29, 0.717) is 6.42 Å². The molecule has 17 heavy (non-hydrogen) atoms. The molecule has 0 aliphatic heterocycles. The summed E-state index contributed by atoms with van der Waals surface area (Å²) >= 11 is 1.48. The fourth-order valence-electron chi connectivity index (χ4n) is 1.12. The molecule has 8 heteroatoms. The second-order valence-corrected chi connectivity index (χ2v) is 6.36. The minimum absolute atomic E-state index is 0.245. The van der Waals surface area contributed by atoms with E-state index in [2.05, 4.69) is 9.71 Å². The molecule has 2 N–H and O–H groups in total. The van der Waals surface area contributed by atoms with Crippen molar-refractivity contribution in [3.05, 3.63) is 16.1 Å². The van der Waals surface area contributed by atoms with Crippen LogP contribution in [0, 0.1) is 6.92 Å². The van der Waals surface area contributed by atoms with E-state index in [1.165, 1.54) is 11.3 Å². The van der Waals surface area contributed by atoms with Gasteiger partial charge in [0.15, 0.2) is 0 Å². The van der Waals surface area contributed by atoms with Crippen molar-refractivity contribution < 1.29 is 18.3 Å². The van der Waals surface area contributed by atoms with Gasteiger partial charge in [-0.25, -0.2) is 18.1 Å². The van der Waals surface area contributed by atoms with Crippen LogP contribution in [0.5, 0.6) is 0 Å². The molecular formula is C9H14N2O4S2. The van der Waals surface area contributed by atoms with Gasteiger partial charge >= 0.3 is 5.97 Å². The molecule has 0 aliphatic carbocycles. The molecule has 1 aromatic rings. The van der Waals surface area contributed by atoms with Crippen LogP contribution in [0.1, 0.15) is 17.1 Å². The predicted octanol–water partition coefficient (Wildman–Crippen LogP) is 0.388. The summed E-state index contributed by atoms with van der Waals surface area (Å²) < 4.78 is 25.0. The maximum atomic E-state index is 11.3. The Labute approximate surface area is 104 Å². The molecule has 0 aliphatic rings. The lowest BCUT2D eigenvalue weighted by atomic mass is 10.4. The summed E-state index contributed by atoms with van der Waals surface area (Å²) in [4.78, 5) is 14.4. The molecule has 0 saturated heterocycles. The fourth-order valence-corrected chi connectivity index (χ4v) is 2.90. The van der Waals surface area contributed by atoms with Gasteiger partial charge in [-0.3, -0.25) is 4.79 Å². The highest BCUT2D eigenvalue weighted by molar-refractivity contribution is 7.89. The molecule has 1 heterocycles. The molecular weight excluding hydrogens is 264 g/mol. The zero-order chi connectivity index (χ0) is 12.9. The largest absolute Gasteiger partial charge is 0.481 e. The smallest absolute Gasteiger partial charge is 0.304 e. The average molecular weight is 278 g/mol. The molecule has 0 atom stereocenters. The highest BCUT2D eigenvalue weighted by Crippen LogP contribution is 2.08. The Hall–Kier alpha value is -0.990. The van der Waals surface area contributed by atoms with Crippen molar-refractivity contribution in [1.29, 1.82) is 0 Å². The number of carboxylic acids is 1. The van der Waals surface area contributed by atoms with Gasteiger partial charge in [0, 0.05) is 24.0 Å². The second kappa shape index (κ2) is 6.08. The van der Waals surface area contributed by atoms with Gasteiger partial charge in [-0.15, -0.1) is 11.3 Å². The van der Waals surface area contributed by atoms with E-state index >= 15 is 0 Å². The van der Waals surface area contributed by atoms with Gasteiger partial charge in [-0.05, 0) is 6.92 Å². The summed E-state index contributed by atoms with van der Waals surface area (Å²) in [6.45, 7) is 2.12. The van der Waals surface area contributed by atoms with Crippen LogP contribution in [0.25, 0.3) is 0 Å². The molecule has 0 fully saturated rings. The maximum absolute atomic E-state index is 11.3. The van der Waals surface area contributed by atoms with Crippen molar-refractivity contribution in [3.8, 4) is 0 Å². The molecule has 0 spiro atoms. The number of nitrogens with zero attached hydrogens (tertiary/aromatic N) is 1. The van der Waals surface area contributed by atoms with E-state index < -0.39 is 16.0 Å². The molecule has 6 nitrogen and oxygen atoms in total. The maximum Gasteiger partial charge on any atom is 0.304 e. The van der Waals surface area contributed by atoms with Crippen LogP contribution in [0.3, 0.4) is 0 Å². The number of aryl methyl sites for hydroxylation is 1. The zero-order valence-corrected chi connectivity index (χ0v) is 11.0. The molecule has 0 saturated carbocycles. The summed E-state index contributed by atoms with van der Waals surface area (Å²) in [6.07, 6.45) is 0.135. The van der Waals surface area contributed by atoms with Crippen LogP contribution in [-0.2, 0) is 21.2 Å². The molecule has 96 valence electrons. The van der Waals surface area contributed by atoms with E-state index in [1.54, 1.807) is 0 Å². The van der Waals surface area contributed by atoms with Crippen molar-refractivity contribution in [1.82, 2.24) is 9.71 Å². The first-order chi connectivity index (χ1) is 7.89. The van der Waals surface area contributed by atoms with Crippen LogP contribution >= 0.6 is 11.3 Å². The molecule has 0 unspecified atom stereocenters. The summed E-state index contributed by atoms with van der Waals surface area (Å²) in [6, 6.07) is 0. The first-order valence-electron chi connectivity index (χ1n) is 4.99. The van der Waals surface area contributed by atoms with Crippen LogP contribution in [0.15, 0.2) is 5.38 Å². The van der Waals surface area contributed by atoms with Gasteiger partial charge < -0.3 is 5.11 Å². The average Bonchev–Trinajstić information content (AvgIpc) is 2.61. The topological polar surface area (TPSA) is 96.4 Å². The Morgan fingerprint density at radius 2 is 2.29 bits per heavy atom. The Morgan fingerprint density at radius 1 is 1.59 bits per heavy atom. The standard InChI is InChI=1S/C9H14N2O4S2/c1-7-6-16-8(11-7)2-4-10-17(14,15)5-3-9(12)13/h6,10H,2-5H2,1H3,(H,12,13). The number of carboxylic acid groups (broad SMARTS) is 1. The highest BCUT2D eigenvalue weighted by atomic mass is 32.2. The molecule has 1 rings (SSSR count). The Morgan fingerprint density at radius 3 is 2.82 bits per heavy atom. The molecule has 0 amide bonds. The molecule has 0 radical (unpaired) electrons. The lowest BCUT2D eigenvalue weighted by Gasteiger charge is -2.03. The van der Waals surface area contributed by atoms with Crippen molar-refractivity contribution in [2.45, 2.75) is 19.8 Å². The summed E-state index contributed by atoms with van der Waals surface area (Å²) in [7, 11) is -3.49. The molecule has 0 aromatic carbocycles. The van der Waals surface area contributed by atoms with Crippen molar-refractivity contribution in [2.75, 3.05) is 12.3 Å². The van der Waals surface area contributed by atoms with Gasteiger partial charge in [-0.2, -0.15) is 0 Å². The molecule has 0 bridgehead atoms. The number of rotatable bonds is 7. The SMILES string of the molecule is Cc1csc(CCNS(=O)(=O)CCC(=O)O)n1. The van der Waals surface area contributed by atoms with E-state index in [4.69, 9.17) is 5.11 Å². The van der Waals surface area contributed by atoms with Crippen molar-refractivity contribution in [2.24, 2.45) is 0 Å². The Kier molecular flexibility index (Phi) is 5.03. The normalized spacial score (nSPS) is 11.6. The number of sulfonamides is 1. The quantitative estimate of drug-likeness (QED) is 0.752. The lowest BCUT2D eigenvalue weighted by Crippen LogP contribution is -2.29. The van der Waals surface area contributed by atoms with Gasteiger partial charge in [0.05, 0.1) is 17.2 Å². The van der Waals surface area contributed by atoms with E-state index in [-0.39, 0.29) is 18.7 Å². The summed E-state index contributed by atoms with van der Waals surface area (Å²) in [5.41, 5.74) is 0.915. The number of hydrogen-bond donors (Lipinski definition) is 2. The fraction of sp³-hybridized carbons (Fsp3) is 0.556. The lowest BCUT2D eigenvalue weighted by molar-refractivity contribution is -0.136. The van der Waals surface area contributed by atoms with Gasteiger partial charge in [-0.1, -0.05) is 0 Å². The third kappa shape index (κ3) is 5.76. The zero-order valence-electron chi connectivity index (χ0n) is 9.34. The predicted molar refractivity (Wildman–Crippen MR) is 64.6 cm³/mol. The third-order valence-corrected chi connectivity index (χ3v) is 4.32. The summed E-state index contributed by atoms with van der Waals surface area (Å²) in [5.74, 6) is -1.51. The van der Waals surface area contributed by atoms with Crippen LogP contribution < -0.4 is 4.72 Å². The van der Waals surface area contributed by atoms with Gasteiger partial charge in [0.1, 0.15) is 0 Å². The summed E-state index contributed by atoms with van der Waals surface area (Å²) in [5, 5.41) is 11.1. The van der Waals surface area contributed by atoms with Gasteiger partial charge in [0.25, 0.3) is 0 Å². The van der Waals surface area contributed by atoms with Crippen LogP contribution in [0.2, 0.25) is 0 Å². The van der Waals surface area contributed by atoms with E-state index in [1.807, 2.05) is 12.3 Å². The number of thiazole rings is 1. The highest BCUT2D eigenvalue weighted by Gasteiger charge is 2.12. The van der Waals surface area contributed by atoms with Crippen molar-refractivity contribution >= 4 is 27.3 Å². The van der Waals surface area contributed by atoms with Crippen LogP contribution in [0.4, 0.5) is 0 Å². The first-order valence-corrected chi connectivity index (χ1v) is 7.52.